The Bertz CT molecular complexity index is 1110. The lowest BCUT2D eigenvalue weighted by Gasteiger charge is -2.19. The molecule has 0 bridgehead atoms. The number of hydrogen-bond acceptors (Lipinski definition) is 3. The smallest absolute Gasteiger partial charge is 0.226 e. The summed E-state index contributed by atoms with van der Waals surface area (Å²) < 4.78 is 14.9. The molecule has 0 saturated carbocycles. The van der Waals surface area contributed by atoms with Crippen molar-refractivity contribution >= 4 is 29.0 Å². The zero-order chi connectivity index (χ0) is 22.5. The van der Waals surface area contributed by atoms with Gasteiger partial charge in [0, 0.05) is 31.6 Å². The van der Waals surface area contributed by atoms with Gasteiger partial charge in [0.1, 0.15) is 11.0 Å². The van der Waals surface area contributed by atoms with E-state index in [-0.39, 0.29) is 17.4 Å². The van der Waals surface area contributed by atoms with Gasteiger partial charge in [0.25, 0.3) is 0 Å². The van der Waals surface area contributed by atoms with Crippen molar-refractivity contribution in [2.75, 3.05) is 11.9 Å². The predicted molar refractivity (Wildman–Crippen MR) is 122 cm³/mol. The third-order valence-corrected chi connectivity index (χ3v) is 5.72. The molecule has 6 heteroatoms. The molecule has 0 aliphatic rings. The Kier molecular flexibility index (Phi) is 7.18. The second-order valence-electron chi connectivity index (χ2n) is 7.33. The monoisotopic (exact) mass is 438 g/mol. The first-order valence-electron chi connectivity index (χ1n) is 10.1. The summed E-state index contributed by atoms with van der Waals surface area (Å²) in [6, 6.07) is 14.2. The van der Waals surface area contributed by atoms with E-state index < -0.39 is 5.82 Å². The Morgan fingerprint density at radius 3 is 2.45 bits per heavy atom. The number of rotatable bonds is 7. The van der Waals surface area contributed by atoms with E-state index >= 15 is 0 Å². The van der Waals surface area contributed by atoms with Gasteiger partial charge in [-0.2, -0.15) is 0 Å². The lowest BCUT2D eigenvalue weighted by atomic mass is 9.96. The second kappa shape index (κ2) is 9.84. The van der Waals surface area contributed by atoms with Gasteiger partial charge in [0.15, 0.2) is 5.78 Å². The average Bonchev–Trinajstić information content (AvgIpc) is 2.79. The highest BCUT2D eigenvalue weighted by atomic mass is 35.5. The number of ketones is 1. The minimum absolute atomic E-state index is 0.00410. The molecule has 1 aromatic heterocycles. The van der Waals surface area contributed by atoms with Gasteiger partial charge in [-0.05, 0) is 47.7 Å². The third kappa shape index (κ3) is 5.00. The number of Topliss-reactive ketones (excluding diaryl/α,β-unsaturated/α-hetero) is 1. The number of nitrogens with zero attached hydrogens (tertiary/aromatic N) is 2. The van der Waals surface area contributed by atoms with Crippen molar-refractivity contribution in [3.63, 3.8) is 0 Å². The predicted octanol–water partition coefficient (Wildman–Crippen LogP) is 6.04. The molecule has 0 aliphatic heterocycles. The Morgan fingerprint density at radius 2 is 1.81 bits per heavy atom. The Hall–Kier alpha value is -3.05. The van der Waals surface area contributed by atoms with Gasteiger partial charge in [0.2, 0.25) is 5.91 Å². The molecule has 1 amide bonds. The Morgan fingerprint density at radius 1 is 1.10 bits per heavy atom. The molecule has 0 saturated heterocycles. The summed E-state index contributed by atoms with van der Waals surface area (Å²) in [7, 11) is 1.57. The standard InChI is InChI=1S/C25H24ClFN2O2/c1-4-23(31)29(3)21-13-12-20(16(2)24(21)27)17-7-9-18(10-8-17)22(30)14-11-19-6-5-15-28-25(19)26/h5-10,12-13,15H,4,11,14H2,1-3H3. The van der Waals surface area contributed by atoms with Crippen LogP contribution in [-0.4, -0.2) is 23.7 Å². The molecule has 0 N–H and O–H groups in total. The van der Waals surface area contributed by atoms with Crippen molar-refractivity contribution in [3.05, 3.63) is 82.4 Å². The molecule has 3 rings (SSSR count). The van der Waals surface area contributed by atoms with E-state index in [0.717, 1.165) is 16.7 Å². The molecule has 0 radical (unpaired) electrons. The molecule has 0 spiro atoms. The van der Waals surface area contributed by atoms with Crippen molar-refractivity contribution in [1.82, 2.24) is 4.98 Å². The van der Waals surface area contributed by atoms with Crippen LogP contribution in [0, 0.1) is 12.7 Å². The number of aromatic nitrogens is 1. The zero-order valence-electron chi connectivity index (χ0n) is 17.8. The minimum atomic E-state index is -0.421. The van der Waals surface area contributed by atoms with Crippen LogP contribution < -0.4 is 4.90 Å². The van der Waals surface area contributed by atoms with Gasteiger partial charge in [-0.3, -0.25) is 9.59 Å². The summed E-state index contributed by atoms with van der Waals surface area (Å²) in [5.41, 5.74) is 3.67. The van der Waals surface area contributed by atoms with E-state index in [2.05, 4.69) is 4.98 Å². The fourth-order valence-corrected chi connectivity index (χ4v) is 3.66. The van der Waals surface area contributed by atoms with E-state index in [1.165, 1.54) is 4.90 Å². The van der Waals surface area contributed by atoms with Crippen molar-refractivity contribution in [2.45, 2.75) is 33.1 Å². The van der Waals surface area contributed by atoms with Crippen molar-refractivity contribution in [2.24, 2.45) is 0 Å². The first-order valence-corrected chi connectivity index (χ1v) is 10.5. The van der Waals surface area contributed by atoms with E-state index in [9.17, 15) is 14.0 Å². The van der Waals surface area contributed by atoms with Crippen molar-refractivity contribution in [3.8, 4) is 11.1 Å². The number of aryl methyl sites for hydroxylation is 1. The fourth-order valence-electron chi connectivity index (χ4n) is 3.45. The number of carbonyl (C=O) groups excluding carboxylic acids is 2. The fraction of sp³-hybridized carbons (Fsp3) is 0.240. The van der Waals surface area contributed by atoms with Crippen LogP contribution in [0.15, 0.2) is 54.7 Å². The Balaban J connectivity index is 1.76. The largest absolute Gasteiger partial charge is 0.313 e. The molecular formula is C25H24ClFN2O2. The molecule has 160 valence electrons. The normalized spacial score (nSPS) is 10.7. The van der Waals surface area contributed by atoms with E-state index in [0.29, 0.717) is 35.5 Å². The lowest BCUT2D eigenvalue weighted by Crippen LogP contribution is -2.26. The van der Waals surface area contributed by atoms with Crippen LogP contribution in [0.1, 0.15) is 41.3 Å². The molecule has 0 aliphatic carbocycles. The summed E-state index contributed by atoms with van der Waals surface area (Å²) in [6.07, 6.45) is 2.76. The number of amides is 1. The van der Waals surface area contributed by atoms with Crippen LogP contribution in [0.25, 0.3) is 11.1 Å². The van der Waals surface area contributed by atoms with Gasteiger partial charge in [-0.15, -0.1) is 0 Å². The summed E-state index contributed by atoms with van der Waals surface area (Å²) in [6.45, 7) is 3.43. The first-order chi connectivity index (χ1) is 14.8. The number of carbonyl (C=O) groups is 2. The molecule has 3 aromatic rings. The minimum Gasteiger partial charge on any atom is -0.313 e. The van der Waals surface area contributed by atoms with Gasteiger partial charge < -0.3 is 4.90 Å². The van der Waals surface area contributed by atoms with Gasteiger partial charge in [-0.25, -0.2) is 9.37 Å². The van der Waals surface area contributed by atoms with Crippen LogP contribution in [0.5, 0.6) is 0 Å². The Labute approximate surface area is 186 Å². The number of benzene rings is 2. The topological polar surface area (TPSA) is 50.3 Å². The molecule has 0 unspecified atom stereocenters. The number of halogens is 2. The van der Waals surface area contributed by atoms with E-state index in [1.54, 1.807) is 57.4 Å². The van der Waals surface area contributed by atoms with Crippen LogP contribution in [0.2, 0.25) is 5.15 Å². The van der Waals surface area contributed by atoms with Crippen LogP contribution >= 0.6 is 11.6 Å². The highest BCUT2D eigenvalue weighted by molar-refractivity contribution is 6.30. The molecule has 4 nitrogen and oxygen atoms in total. The summed E-state index contributed by atoms with van der Waals surface area (Å²) in [5, 5.41) is 0.415. The highest BCUT2D eigenvalue weighted by Crippen LogP contribution is 2.31. The van der Waals surface area contributed by atoms with Gasteiger partial charge in [-0.1, -0.05) is 54.9 Å². The summed E-state index contributed by atoms with van der Waals surface area (Å²) in [5.74, 6) is -0.568. The quantitative estimate of drug-likeness (QED) is 0.334. The number of anilines is 1. The zero-order valence-corrected chi connectivity index (χ0v) is 18.5. The van der Waals surface area contributed by atoms with Gasteiger partial charge in [0.05, 0.1) is 5.69 Å². The van der Waals surface area contributed by atoms with Crippen molar-refractivity contribution in [1.29, 1.82) is 0 Å². The molecule has 31 heavy (non-hydrogen) atoms. The van der Waals surface area contributed by atoms with Crippen molar-refractivity contribution < 1.29 is 14.0 Å². The van der Waals surface area contributed by atoms with E-state index in [1.807, 2.05) is 18.2 Å². The first kappa shape index (κ1) is 22.6. The highest BCUT2D eigenvalue weighted by Gasteiger charge is 2.18. The van der Waals surface area contributed by atoms with E-state index in [4.69, 9.17) is 11.6 Å². The molecule has 1 heterocycles. The molecule has 0 atom stereocenters. The van der Waals surface area contributed by atoms with Crippen LogP contribution in [-0.2, 0) is 11.2 Å². The maximum Gasteiger partial charge on any atom is 0.226 e. The molecule has 2 aromatic carbocycles. The number of pyridine rings is 1. The second-order valence-corrected chi connectivity index (χ2v) is 7.69. The van der Waals surface area contributed by atoms with Gasteiger partial charge >= 0.3 is 0 Å². The summed E-state index contributed by atoms with van der Waals surface area (Å²) in [4.78, 5) is 29.8. The van der Waals surface area contributed by atoms with Crippen LogP contribution in [0.4, 0.5) is 10.1 Å². The molecular weight excluding hydrogens is 415 g/mol. The number of hydrogen-bond donors (Lipinski definition) is 0. The van der Waals surface area contributed by atoms with Crippen LogP contribution in [0.3, 0.4) is 0 Å². The maximum absolute atomic E-state index is 14.9. The average molecular weight is 439 g/mol. The molecule has 0 fully saturated rings. The maximum atomic E-state index is 14.9. The third-order valence-electron chi connectivity index (χ3n) is 5.38. The summed E-state index contributed by atoms with van der Waals surface area (Å²) >= 11 is 6.05. The lowest BCUT2D eigenvalue weighted by molar-refractivity contribution is -0.118. The SMILES string of the molecule is CCC(=O)N(C)c1ccc(-c2ccc(C(=O)CCc3cccnc3Cl)cc2)c(C)c1F.